The second-order valence-electron chi connectivity index (χ2n) is 4.14. The first-order chi connectivity index (χ1) is 7.94. The van der Waals surface area contributed by atoms with Gasteiger partial charge in [-0.25, -0.2) is 4.79 Å². The fourth-order valence-corrected chi connectivity index (χ4v) is 2.17. The summed E-state index contributed by atoms with van der Waals surface area (Å²) >= 11 is 0. The van der Waals surface area contributed by atoms with Gasteiger partial charge in [0.15, 0.2) is 0 Å². The normalized spacial score (nSPS) is 15.1. The minimum absolute atomic E-state index is 0.364. The highest BCUT2D eigenvalue weighted by Crippen LogP contribution is 2.38. The zero-order chi connectivity index (χ0) is 12.6. The first-order valence-corrected chi connectivity index (χ1v) is 5.35. The summed E-state index contributed by atoms with van der Waals surface area (Å²) < 4.78 is 27.1. The Morgan fingerprint density at radius 1 is 1.41 bits per heavy atom. The zero-order valence-electron chi connectivity index (χ0n) is 9.34. The molecule has 0 bridgehead atoms. The number of halogens is 2. The molecule has 1 aromatic carbocycles. The molecule has 2 nitrogen and oxygen atoms in total. The van der Waals surface area contributed by atoms with Crippen molar-refractivity contribution < 1.29 is 18.7 Å². The summed E-state index contributed by atoms with van der Waals surface area (Å²) in [7, 11) is 0. The maximum atomic E-state index is 13.6. The summed E-state index contributed by atoms with van der Waals surface area (Å²) in [5.74, 6) is -5.92. The summed E-state index contributed by atoms with van der Waals surface area (Å²) in [6.45, 7) is 1.85. The van der Waals surface area contributed by atoms with Crippen molar-refractivity contribution in [2.75, 3.05) is 0 Å². The molecule has 2 rings (SSSR count). The fraction of sp³-hybridized carbons (Fsp3) is 0.308. The smallest absolute Gasteiger partial charge is 0.379 e. The van der Waals surface area contributed by atoms with Crippen LogP contribution in [0.4, 0.5) is 8.78 Å². The van der Waals surface area contributed by atoms with Crippen LogP contribution in [0.15, 0.2) is 24.3 Å². The van der Waals surface area contributed by atoms with Gasteiger partial charge in [0, 0.05) is 5.57 Å². The SMILES string of the molecule is Cc1cccc2c1CCC=C2C(F)(F)C(=O)O. The lowest BCUT2D eigenvalue weighted by atomic mass is 9.85. The summed E-state index contributed by atoms with van der Waals surface area (Å²) in [4.78, 5) is 10.6. The van der Waals surface area contributed by atoms with E-state index in [0.29, 0.717) is 18.4 Å². The van der Waals surface area contributed by atoms with E-state index in [4.69, 9.17) is 5.11 Å². The van der Waals surface area contributed by atoms with Crippen LogP contribution in [0.25, 0.3) is 5.57 Å². The van der Waals surface area contributed by atoms with Crippen molar-refractivity contribution >= 4 is 11.5 Å². The van der Waals surface area contributed by atoms with E-state index in [9.17, 15) is 13.6 Å². The third kappa shape index (κ3) is 1.84. The topological polar surface area (TPSA) is 37.3 Å². The molecule has 0 aliphatic heterocycles. The molecule has 90 valence electrons. The van der Waals surface area contributed by atoms with E-state index in [0.717, 1.165) is 11.1 Å². The molecule has 0 saturated carbocycles. The Bertz CT molecular complexity index is 504. The number of alkyl halides is 2. The van der Waals surface area contributed by atoms with E-state index in [1.807, 2.05) is 13.0 Å². The van der Waals surface area contributed by atoms with Gasteiger partial charge in [-0.2, -0.15) is 8.78 Å². The largest absolute Gasteiger partial charge is 0.477 e. The Balaban J connectivity index is 2.57. The average molecular weight is 238 g/mol. The highest BCUT2D eigenvalue weighted by atomic mass is 19.3. The number of hydrogen-bond donors (Lipinski definition) is 1. The molecular formula is C13H12F2O2. The van der Waals surface area contributed by atoms with Crippen molar-refractivity contribution in [3.05, 3.63) is 41.0 Å². The monoisotopic (exact) mass is 238 g/mol. The molecule has 0 atom stereocenters. The van der Waals surface area contributed by atoms with E-state index < -0.39 is 11.9 Å². The standard InChI is InChI=1S/C13H12F2O2/c1-8-4-2-6-10-9(8)5-3-7-11(10)13(14,15)12(16)17/h2,4,6-7H,3,5H2,1H3,(H,16,17). The summed E-state index contributed by atoms with van der Waals surface area (Å²) in [5, 5.41) is 8.60. The zero-order valence-corrected chi connectivity index (χ0v) is 9.34. The Kier molecular flexibility index (Phi) is 2.73. The summed E-state index contributed by atoms with van der Waals surface area (Å²) in [6, 6.07) is 5.08. The molecule has 4 heteroatoms. The van der Waals surface area contributed by atoms with E-state index in [1.165, 1.54) is 6.08 Å². The lowest BCUT2D eigenvalue weighted by Gasteiger charge is -2.23. The van der Waals surface area contributed by atoms with Gasteiger partial charge in [0.2, 0.25) is 0 Å². The van der Waals surface area contributed by atoms with Gasteiger partial charge in [-0.1, -0.05) is 24.3 Å². The number of benzene rings is 1. The van der Waals surface area contributed by atoms with Gasteiger partial charge in [-0.3, -0.25) is 0 Å². The van der Waals surface area contributed by atoms with Gasteiger partial charge in [0.25, 0.3) is 0 Å². The second kappa shape index (κ2) is 3.95. The van der Waals surface area contributed by atoms with Crippen LogP contribution < -0.4 is 0 Å². The lowest BCUT2D eigenvalue weighted by Crippen LogP contribution is -2.31. The molecule has 17 heavy (non-hydrogen) atoms. The van der Waals surface area contributed by atoms with Crippen molar-refractivity contribution in [2.45, 2.75) is 25.7 Å². The van der Waals surface area contributed by atoms with Crippen molar-refractivity contribution in [2.24, 2.45) is 0 Å². The number of carboxylic acids is 1. The average Bonchev–Trinajstić information content (AvgIpc) is 2.28. The summed E-state index contributed by atoms with van der Waals surface area (Å²) in [6.07, 6.45) is 2.47. The molecule has 1 aliphatic rings. The van der Waals surface area contributed by atoms with Crippen LogP contribution in [-0.4, -0.2) is 17.0 Å². The molecule has 1 N–H and O–H groups in total. The molecule has 0 fully saturated rings. The van der Waals surface area contributed by atoms with Crippen LogP contribution in [0.2, 0.25) is 0 Å². The van der Waals surface area contributed by atoms with Gasteiger partial charge in [0.05, 0.1) is 0 Å². The summed E-state index contributed by atoms with van der Waals surface area (Å²) in [5.41, 5.74) is 1.74. The van der Waals surface area contributed by atoms with Gasteiger partial charge in [0.1, 0.15) is 0 Å². The quantitative estimate of drug-likeness (QED) is 0.859. The molecule has 1 aliphatic carbocycles. The highest BCUT2D eigenvalue weighted by Gasteiger charge is 2.45. The number of hydrogen-bond acceptors (Lipinski definition) is 1. The molecule has 0 radical (unpaired) electrons. The molecule has 0 spiro atoms. The molecule has 0 amide bonds. The second-order valence-corrected chi connectivity index (χ2v) is 4.14. The van der Waals surface area contributed by atoms with E-state index in [1.54, 1.807) is 12.1 Å². The van der Waals surface area contributed by atoms with E-state index in [-0.39, 0.29) is 5.57 Å². The number of rotatable bonds is 2. The van der Waals surface area contributed by atoms with Crippen LogP contribution in [0.5, 0.6) is 0 Å². The van der Waals surface area contributed by atoms with Crippen LogP contribution >= 0.6 is 0 Å². The molecular weight excluding hydrogens is 226 g/mol. The lowest BCUT2D eigenvalue weighted by molar-refractivity contribution is -0.156. The van der Waals surface area contributed by atoms with Crippen LogP contribution in [0, 0.1) is 6.92 Å². The molecule has 0 aromatic heterocycles. The number of allylic oxidation sites excluding steroid dienone is 1. The first-order valence-electron chi connectivity index (χ1n) is 5.35. The van der Waals surface area contributed by atoms with Gasteiger partial charge in [-0.15, -0.1) is 0 Å². The molecule has 1 aromatic rings. The Labute approximate surface area is 97.6 Å². The maximum absolute atomic E-state index is 13.6. The van der Waals surface area contributed by atoms with Crippen molar-refractivity contribution in [1.29, 1.82) is 0 Å². The minimum Gasteiger partial charge on any atom is -0.477 e. The van der Waals surface area contributed by atoms with Crippen molar-refractivity contribution in [1.82, 2.24) is 0 Å². The van der Waals surface area contributed by atoms with Crippen LogP contribution in [-0.2, 0) is 11.2 Å². The first kappa shape index (κ1) is 11.8. The molecule has 0 saturated heterocycles. The van der Waals surface area contributed by atoms with E-state index in [2.05, 4.69) is 0 Å². The minimum atomic E-state index is -3.82. The molecule has 0 unspecified atom stereocenters. The van der Waals surface area contributed by atoms with Crippen molar-refractivity contribution in [3.63, 3.8) is 0 Å². The van der Waals surface area contributed by atoms with Gasteiger partial charge < -0.3 is 5.11 Å². The predicted octanol–water partition coefficient (Wildman–Crippen LogP) is 3.04. The van der Waals surface area contributed by atoms with Gasteiger partial charge in [-0.05, 0) is 36.5 Å². The van der Waals surface area contributed by atoms with Gasteiger partial charge >= 0.3 is 11.9 Å². The van der Waals surface area contributed by atoms with E-state index >= 15 is 0 Å². The third-order valence-corrected chi connectivity index (χ3v) is 3.05. The Morgan fingerprint density at radius 2 is 2.12 bits per heavy atom. The number of fused-ring (bicyclic) bond motifs is 1. The number of carboxylic acid groups (broad SMARTS) is 1. The number of aliphatic carboxylic acids is 1. The predicted molar refractivity (Wildman–Crippen MR) is 60.1 cm³/mol. The Hall–Kier alpha value is -1.71. The van der Waals surface area contributed by atoms with Crippen molar-refractivity contribution in [3.8, 4) is 0 Å². The Morgan fingerprint density at radius 3 is 2.76 bits per heavy atom. The maximum Gasteiger partial charge on any atom is 0.379 e. The fourth-order valence-electron chi connectivity index (χ4n) is 2.17. The third-order valence-electron chi connectivity index (χ3n) is 3.05. The van der Waals surface area contributed by atoms with Crippen LogP contribution in [0.1, 0.15) is 23.1 Å². The molecule has 0 heterocycles. The number of aryl methyl sites for hydroxylation is 1. The number of carbonyl (C=O) groups is 1. The highest BCUT2D eigenvalue weighted by molar-refractivity contribution is 5.94. The van der Waals surface area contributed by atoms with Crippen LogP contribution in [0.3, 0.4) is 0 Å².